The summed E-state index contributed by atoms with van der Waals surface area (Å²) in [4.78, 5) is 42.9. The molecule has 0 aliphatic heterocycles. The van der Waals surface area contributed by atoms with E-state index < -0.39 is 0 Å². The summed E-state index contributed by atoms with van der Waals surface area (Å²) in [5, 5.41) is 10.9. The lowest BCUT2D eigenvalue weighted by atomic mass is 10.1. The van der Waals surface area contributed by atoms with E-state index in [1.165, 1.54) is 14.2 Å². The number of halogens is 2. The number of aryl methyl sites for hydroxylation is 1. The van der Waals surface area contributed by atoms with Crippen LogP contribution in [0.4, 0.5) is 0 Å². The van der Waals surface area contributed by atoms with Crippen LogP contribution in [0.15, 0.2) is 63.3 Å². The highest BCUT2D eigenvalue weighted by molar-refractivity contribution is 7.95. The summed E-state index contributed by atoms with van der Waals surface area (Å²) < 4.78 is 13.7. The van der Waals surface area contributed by atoms with E-state index in [0.29, 0.717) is 38.4 Å². The molecule has 3 N–H and O–H groups in total. The maximum Gasteiger partial charge on any atom is 0.318 e. The summed E-state index contributed by atoms with van der Waals surface area (Å²) in [5.41, 5.74) is 2.70. The van der Waals surface area contributed by atoms with Gasteiger partial charge < -0.3 is 10.6 Å². The van der Waals surface area contributed by atoms with Crippen molar-refractivity contribution in [2.45, 2.75) is 25.7 Å². The topological polar surface area (TPSA) is 164 Å². The first kappa shape index (κ1) is 37.1. The van der Waals surface area contributed by atoms with Crippen molar-refractivity contribution in [1.29, 1.82) is 0 Å². The second-order valence-electron chi connectivity index (χ2n) is 7.52. The quantitative estimate of drug-likeness (QED) is 0.0382. The molecule has 1 aromatic heterocycles. The lowest BCUT2D eigenvalue weighted by molar-refractivity contribution is -0.161. The summed E-state index contributed by atoms with van der Waals surface area (Å²) in [5.74, 6) is 4.65. The number of aromatic nitrogens is 2. The molecule has 0 fully saturated rings. The number of nitrogens with zero attached hydrogens (tertiary/aromatic N) is 2. The molecule has 42 heavy (non-hydrogen) atoms. The predicted octanol–water partition coefficient (Wildman–Crippen LogP) is 5.62. The zero-order valence-electron chi connectivity index (χ0n) is 23.3. The smallest absolute Gasteiger partial charge is 0.318 e. The Labute approximate surface area is 261 Å². The van der Waals surface area contributed by atoms with Crippen LogP contribution in [0.2, 0.25) is 10.0 Å². The number of ketones is 1. The minimum atomic E-state index is -0.336. The fourth-order valence-corrected chi connectivity index (χ4v) is 4.00. The highest BCUT2D eigenvalue weighted by atomic mass is 35.5. The molecule has 0 bridgehead atoms. The maximum atomic E-state index is 11.8. The molecule has 2 aromatic carbocycles. The fraction of sp³-hybridized carbons (Fsp3) is 0.269. The molecule has 0 saturated heterocycles. The van der Waals surface area contributed by atoms with Gasteiger partial charge in [0.25, 0.3) is 5.56 Å². The molecule has 0 unspecified atom stereocenters. The SMILES string of the molecule is C/C(=N/N)C(=O)c1ccc(Cl)cc1.CCOC(=O)CSOOC.COOSc1c(-c2ccc(Cl)cc2)c(C)n[nH]c1=O. The number of carbonyl (C=O) groups excluding carboxylic acids is 2. The van der Waals surface area contributed by atoms with Gasteiger partial charge in [-0.1, -0.05) is 35.3 Å². The van der Waals surface area contributed by atoms with Gasteiger partial charge in [-0.25, -0.2) is 14.9 Å². The van der Waals surface area contributed by atoms with Crippen molar-refractivity contribution in [2.24, 2.45) is 10.9 Å². The molecule has 0 amide bonds. The Bertz CT molecular complexity index is 1360. The van der Waals surface area contributed by atoms with Crippen LogP contribution in [0.3, 0.4) is 0 Å². The number of benzene rings is 2. The standard InChI is InChI=1S/C12H11ClN2O3S.C9H9ClN2O.C5H10O4S/c1-7-10(8-3-5-9(13)6-4-8)11(19-18-17-2)12(16)15-14-7;1-6(12-11)9(13)7-2-4-8(10)5-3-7;1-3-8-5(6)4-10-9-7-2/h3-6H,1-2H3,(H,15,16);2-5H,11H2,1H3;3-4H2,1-2H3/b;12-6-;. The monoisotopic (exact) mass is 660 g/mol. The fourth-order valence-electron chi connectivity index (χ4n) is 2.81. The van der Waals surface area contributed by atoms with Gasteiger partial charge >= 0.3 is 5.97 Å². The molecule has 0 aliphatic rings. The maximum absolute atomic E-state index is 11.8. The number of nitrogens with two attached hydrogens (primary N) is 1. The van der Waals surface area contributed by atoms with Crippen molar-refractivity contribution < 1.29 is 32.8 Å². The van der Waals surface area contributed by atoms with Crippen LogP contribution in [0, 0.1) is 6.92 Å². The normalized spacial score (nSPS) is 10.6. The van der Waals surface area contributed by atoms with Crippen molar-refractivity contribution in [3.63, 3.8) is 0 Å². The van der Waals surface area contributed by atoms with Crippen LogP contribution in [0.25, 0.3) is 11.1 Å². The Hall–Kier alpha value is -2.95. The van der Waals surface area contributed by atoms with Gasteiger partial charge in [-0.3, -0.25) is 14.4 Å². The average molecular weight is 662 g/mol. The molecule has 0 spiro atoms. The summed E-state index contributed by atoms with van der Waals surface area (Å²) in [6.45, 7) is 5.51. The molecule has 3 rings (SSSR count). The van der Waals surface area contributed by atoms with E-state index in [0.717, 1.165) is 29.6 Å². The van der Waals surface area contributed by atoms with Crippen LogP contribution in [0.1, 0.15) is 29.9 Å². The Morgan fingerprint density at radius 2 is 1.57 bits per heavy atom. The summed E-state index contributed by atoms with van der Waals surface area (Å²) in [7, 11) is 2.75. The average Bonchev–Trinajstić information content (AvgIpc) is 2.98. The van der Waals surface area contributed by atoms with Crippen LogP contribution in [-0.2, 0) is 28.0 Å². The van der Waals surface area contributed by atoms with Gasteiger partial charge in [0.15, 0.2) is 0 Å². The zero-order chi connectivity index (χ0) is 31.5. The van der Waals surface area contributed by atoms with Gasteiger partial charge in [-0.15, -0.1) is 0 Å². The minimum Gasteiger partial charge on any atom is -0.465 e. The van der Waals surface area contributed by atoms with Crippen molar-refractivity contribution in [3.05, 3.63) is 80.2 Å². The summed E-state index contributed by atoms with van der Waals surface area (Å²) >= 11 is 13.3. The highest BCUT2D eigenvalue weighted by Gasteiger charge is 2.15. The number of hydrogen-bond donors (Lipinski definition) is 2. The van der Waals surface area contributed by atoms with Crippen molar-refractivity contribution in [2.75, 3.05) is 26.6 Å². The molecule has 0 saturated carbocycles. The lowest BCUT2D eigenvalue weighted by Crippen LogP contribution is -2.13. The van der Waals surface area contributed by atoms with Gasteiger partial charge in [-0.2, -0.15) is 18.9 Å². The second kappa shape index (κ2) is 20.9. The Kier molecular flexibility index (Phi) is 18.4. The largest absolute Gasteiger partial charge is 0.465 e. The van der Waals surface area contributed by atoms with Crippen LogP contribution < -0.4 is 11.4 Å². The molecule has 3 aromatic rings. The van der Waals surface area contributed by atoms with E-state index >= 15 is 0 Å². The van der Waals surface area contributed by atoms with Crippen LogP contribution in [0.5, 0.6) is 0 Å². The van der Waals surface area contributed by atoms with Crippen molar-refractivity contribution >= 4 is 64.8 Å². The molecule has 0 atom stereocenters. The van der Waals surface area contributed by atoms with Crippen molar-refractivity contribution in [1.82, 2.24) is 10.2 Å². The Balaban J connectivity index is 0.000000336. The number of aromatic amines is 1. The number of esters is 1. The zero-order valence-corrected chi connectivity index (χ0v) is 26.5. The first-order valence-corrected chi connectivity index (χ1v) is 14.2. The number of ether oxygens (including phenoxy) is 1. The first-order valence-electron chi connectivity index (χ1n) is 11.8. The molecule has 0 radical (unpaired) electrons. The Morgan fingerprint density at radius 1 is 1.00 bits per heavy atom. The van der Waals surface area contributed by atoms with Crippen LogP contribution >= 0.6 is 47.3 Å². The molecule has 16 heteroatoms. The number of hydrogen-bond acceptors (Lipinski definition) is 13. The van der Waals surface area contributed by atoms with Gasteiger partial charge in [0.1, 0.15) is 16.4 Å². The van der Waals surface area contributed by atoms with Crippen molar-refractivity contribution in [3.8, 4) is 11.1 Å². The number of H-pyrrole nitrogens is 1. The third-order valence-electron chi connectivity index (χ3n) is 4.67. The third kappa shape index (κ3) is 13.4. The number of hydrazone groups is 1. The summed E-state index contributed by atoms with van der Waals surface area (Å²) in [6, 6.07) is 13.7. The molecule has 12 nitrogen and oxygen atoms in total. The number of carbonyl (C=O) groups is 2. The third-order valence-corrected chi connectivity index (χ3v) is 6.52. The molecule has 0 aliphatic carbocycles. The van der Waals surface area contributed by atoms with Gasteiger partial charge in [0.05, 0.1) is 38.6 Å². The lowest BCUT2D eigenvalue weighted by Gasteiger charge is -2.09. The van der Waals surface area contributed by atoms with E-state index in [1.807, 2.05) is 12.1 Å². The number of nitrogens with one attached hydrogen (secondary N) is 1. The molecule has 228 valence electrons. The van der Waals surface area contributed by atoms with Gasteiger partial charge in [-0.05, 0) is 62.7 Å². The molecular formula is C26H30Cl2N4O8S2. The number of rotatable bonds is 11. The minimum absolute atomic E-state index is 0.154. The van der Waals surface area contributed by atoms with E-state index in [9.17, 15) is 14.4 Å². The first-order chi connectivity index (χ1) is 20.1. The molecule has 1 heterocycles. The number of Topliss-reactive ketones (excluding diaryl/α,β-unsaturated/α-hetero) is 1. The van der Waals surface area contributed by atoms with E-state index in [4.69, 9.17) is 33.4 Å². The van der Waals surface area contributed by atoms with E-state index in [-0.39, 0.29) is 28.8 Å². The van der Waals surface area contributed by atoms with Gasteiger partial charge in [0, 0.05) is 33.2 Å². The highest BCUT2D eigenvalue weighted by Crippen LogP contribution is 2.31. The van der Waals surface area contributed by atoms with E-state index in [1.54, 1.807) is 57.2 Å². The summed E-state index contributed by atoms with van der Waals surface area (Å²) in [6.07, 6.45) is 0. The Morgan fingerprint density at radius 3 is 2.10 bits per heavy atom. The second-order valence-corrected chi connectivity index (χ2v) is 9.76. The predicted molar refractivity (Wildman–Crippen MR) is 164 cm³/mol. The van der Waals surface area contributed by atoms with E-state index in [2.05, 4.69) is 34.1 Å². The van der Waals surface area contributed by atoms with Gasteiger partial charge in [0.2, 0.25) is 5.78 Å². The van der Waals surface area contributed by atoms with Crippen LogP contribution in [-0.4, -0.2) is 54.2 Å². The molecular weight excluding hydrogens is 631 g/mol.